The molecular weight excluding hydrogens is 272 g/mol. The summed E-state index contributed by atoms with van der Waals surface area (Å²) in [6.45, 7) is 2.00. The molecule has 2 aromatic heterocycles. The van der Waals surface area contributed by atoms with Gasteiger partial charge < -0.3 is 9.84 Å². The van der Waals surface area contributed by atoms with Gasteiger partial charge in [-0.05, 0) is 13.0 Å². The second-order valence-corrected chi connectivity index (χ2v) is 4.56. The molecule has 2 heterocycles. The van der Waals surface area contributed by atoms with Crippen molar-refractivity contribution in [3.8, 4) is 0 Å². The van der Waals surface area contributed by atoms with Crippen molar-refractivity contribution >= 4 is 16.7 Å². The van der Waals surface area contributed by atoms with Crippen molar-refractivity contribution in [2.24, 2.45) is 0 Å². The Balaban J connectivity index is 1.88. The fourth-order valence-corrected chi connectivity index (χ4v) is 2.04. The van der Waals surface area contributed by atoms with Crippen LogP contribution in [0.4, 0.5) is 0 Å². The average molecular weight is 284 g/mol. The van der Waals surface area contributed by atoms with E-state index < -0.39 is 5.91 Å². The summed E-state index contributed by atoms with van der Waals surface area (Å²) < 4.78 is 5.01. The summed E-state index contributed by atoms with van der Waals surface area (Å²) in [5, 5.41) is 13.5. The minimum Gasteiger partial charge on any atom is -0.359 e. The first-order valence-corrected chi connectivity index (χ1v) is 6.33. The van der Waals surface area contributed by atoms with E-state index in [0.29, 0.717) is 16.5 Å². The van der Waals surface area contributed by atoms with E-state index in [2.05, 4.69) is 20.7 Å². The van der Waals surface area contributed by atoms with Crippen LogP contribution in [0.5, 0.6) is 0 Å². The number of aromatic amines is 1. The number of carbonyl (C=O) groups is 1. The summed E-state index contributed by atoms with van der Waals surface area (Å²) in [6.07, 6.45) is 0. The lowest BCUT2D eigenvalue weighted by Gasteiger charge is -2.05. The van der Waals surface area contributed by atoms with E-state index in [0.717, 1.165) is 5.69 Å². The zero-order valence-corrected chi connectivity index (χ0v) is 11.2. The van der Waals surface area contributed by atoms with Crippen LogP contribution in [0.2, 0.25) is 0 Å². The molecule has 7 heteroatoms. The first-order chi connectivity index (χ1) is 10.1. The number of hydrogen-bond acceptors (Lipinski definition) is 5. The molecule has 0 aliphatic heterocycles. The lowest BCUT2D eigenvalue weighted by molar-refractivity contribution is 0.0943. The fraction of sp³-hybridized carbons (Fsp3) is 0.143. The largest absolute Gasteiger partial charge is 0.359 e. The van der Waals surface area contributed by atoms with Gasteiger partial charge in [-0.15, -0.1) is 0 Å². The Morgan fingerprint density at radius 1 is 1.33 bits per heavy atom. The van der Waals surface area contributed by atoms with Crippen LogP contribution in [0.1, 0.15) is 21.9 Å². The van der Waals surface area contributed by atoms with Gasteiger partial charge in [-0.2, -0.15) is 5.10 Å². The predicted molar refractivity (Wildman–Crippen MR) is 74.8 cm³/mol. The predicted octanol–water partition coefficient (Wildman–Crippen LogP) is 1.15. The molecule has 0 aliphatic carbocycles. The Hall–Kier alpha value is -2.96. The lowest BCUT2D eigenvalue weighted by Crippen LogP contribution is -2.26. The molecule has 106 valence electrons. The molecule has 7 nitrogen and oxygen atoms in total. The number of fused-ring (bicyclic) bond motifs is 1. The van der Waals surface area contributed by atoms with Crippen LogP contribution in [0, 0.1) is 6.92 Å². The van der Waals surface area contributed by atoms with Crippen molar-refractivity contribution in [1.82, 2.24) is 20.7 Å². The van der Waals surface area contributed by atoms with Crippen LogP contribution in [-0.4, -0.2) is 21.3 Å². The minimum absolute atomic E-state index is 0.168. The Morgan fingerprint density at radius 3 is 2.81 bits per heavy atom. The summed E-state index contributed by atoms with van der Waals surface area (Å²) in [6, 6.07) is 8.55. The number of hydrogen-bond donors (Lipinski definition) is 2. The highest BCUT2D eigenvalue weighted by Crippen LogP contribution is 2.12. The standard InChI is InChI=1S/C14H12N4O3/c1-8-6-9(21-18-8)7-15-14(20)12-10-4-2-3-5-11(10)13(19)17-16-12/h2-6H,7H2,1H3,(H,15,20)(H,17,19). The molecule has 0 bridgehead atoms. The first kappa shape index (κ1) is 13.0. The van der Waals surface area contributed by atoms with E-state index in [1.807, 2.05) is 0 Å². The van der Waals surface area contributed by atoms with Gasteiger partial charge in [0.15, 0.2) is 11.5 Å². The molecule has 0 spiro atoms. The number of carbonyl (C=O) groups excluding carboxylic acids is 1. The fourth-order valence-electron chi connectivity index (χ4n) is 2.04. The van der Waals surface area contributed by atoms with Gasteiger partial charge in [-0.3, -0.25) is 9.59 Å². The minimum atomic E-state index is -0.392. The van der Waals surface area contributed by atoms with Crippen molar-refractivity contribution in [1.29, 1.82) is 0 Å². The van der Waals surface area contributed by atoms with Crippen LogP contribution < -0.4 is 10.9 Å². The highest BCUT2D eigenvalue weighted by Gasteiger charge is 2.14. The number of aromatic nitrogens is 3. The third-order valence-electron chi connectivity index (χ3n) is 3.01. The molecular formula is C14H12N4O3. The number of amides is 1. The smallest absolute Gasteiger partial charge is 0.272 e. The van der Waals surface area contributed by atoms with Crippen LogP contribution in [-0.2, 0) is 6.54 Å². The third kappa shape index (κ3) is 2.53. The van der Waals surface area contributed by atoms with Crippen molar-refractivity contribution in [3.05, 3.63) is 57.8 Å². The molecule has 0 saturated heterocycles. The van der Waals surface area contributed by atoms with Gasteiger partial charge in [-0.1, -0.05) is 23.4 Å². The number of nitrogens with one attached hydrogen (secondary N) is 2. The van der Waals surface area contributed by atoms with Gasteiger partial charge in [0.2, 0.25) is 0 Å². The Morgan fingerprint density at radius 2 is 2.10 bits per heavy atom. The molecule has 0 unspecified atom stereocenters. The summed E-state index contributed by atoms with van der Waals surface area (Å²) in [4.78, 5) is 23.9. The monoisotopic (exact) mass is 284 g/mol. The van der Waals surface area contributed by atoms with Crippen LogP contribution in [0.15, 0.2) is 39.6 Å². The highest BCUT2D eigenvalue weighted by molar-refractivity contribution is 6.04. The average Bonchev–Trinajstić information content (AvgIpc) is 2.91. The molecule has 21 heavy (non-hydrogen) atoms. The Kier molecular flexibility index (Phi) is 3.23. The second kappa shape index (κ2) is 5.20. The van der Waals surface area contributed by atoms with Gasteiger partial charge in [0, 0.05) is 11.5 Å². The first-order valence-electron chi connectivity index (χ1n) is 6.33. The number of aryl methyl sites for hydroxylation is 1. The summed E-state index contributed by atoms with van der Waals surface area (Å²) >= 11 is 0. The topological polar surface area (TPSA) is 101 Å². The maximum absolute atomic E-state index is 12.2. The van der Waals surface area contributed by atoms with Crippen molar-refractivity contribution in [3.63, 3.8) is 0 Å². The van der Waals surface area contributed by atoms with Crippen molar-refractivity contribution in [2.75, 3.05) is 0 Å². The number of rotatable bonds is 3. The van der Waals surface area contributed by atoms with Crippen molar-refractivity contribution < 1.29 is 9.32 Å². The molecule has 0 saturated carbocycles. The molecule has 3 rings (SSSR count). The van der Waals surface area contributed by atoms with Crippen LogP contribution in [0.3, 0.4) is 0 Å². The molecule has 2 N–H and O–H groups in total. The van der Waals surface area contributed by atoms with Gasteiger partial charge in [0.05, 0.1) is 17.6 Å². The van der Waals surface area contributed by atoms with Gasteiger partial charge in [0.1, 0.15) is 0 Å². The zero-order valence-electron chi connectivity index (χ0n) is 11.2. The van der Waals surface area contributed by atoms with E-state index in [1.54, 1.807) is 37.3 Å². The zero-order chi connectivity index (χ0) is 14.8. The molecule has 0 fully saturated rings. The number of nitrogens with zero attached hydrogens (tertiary/aromatic N) is 2. The van der Waals surface area contributed by atoms with Crippen molar-refractivity contribution in [2.45, 2.75) is 13.5 Å². The van der Waals surface area contributed by atoms with E-state index in [4.69, 9.17) is 4.52 Å². The van der Waals surface area contributed by atoms with E-state index in [1.165, 1.54) is 0 Å². The van der Waals surface area contributed by atoms with Crippen LogP contribution >= 0.6 is 0 Å². The molecule has 0 radical (unpaired) electrons. The summed E-state index contributed by atoms with van der Waals surface area (Å²) in [5.74, 6) is 0.158. The molecule has 0 aliphatic rings. The normalized spacial score (nSPS) is 10.7. The summed E-state index contributed by atoms with van der Waals surface area (Å²) in [5.41, 5.74) is 0.585. The van der Waals surface area contributed by atoms with Gasteiger partial charge >= 0.3 is 0 Å². The third-order valence-corrected chi connectivity index (χ3v) is 3.01. The van der Waals surface area contributed by atoms with Gasteiger partial charge in [0.25, 0.3) is 11.5 Å². The molecule has 3 aromatic rings. The Bertz CT molecular complexity index is 866. The molecule has 1 aromatic carbocycles. The number of H-pyrrole nitrogens is 1. The van der Waals surface area contributed by atoms with Gasteiger partial charge in [-0.25, -0.2) is 5.10 Å². The summed E-state index contributed by atoms with van der Waals surface area (Å²) in [7, 11) is 0. The second-order valence-electron chi connectivity index (χ2n) is 4.56. The molecule has 0 atom stereocenters. The highest BCUT2D eigenvalue weighted by atomic mass is 16.5. The van der Waals surface area contributed by atoms with Crippen LogP contribution in [0.25, 0.3) is 10.8 Å². The maximum atomic E-state index is 12.2. The number of benzene rings is 1. The van der Waals surface area contributed by atoms with E-state index in [9.17, 15) is 9.59 Å². The molecule has 1 amide bonds. The maximum Gasteiger partial charge on any atom is 0.272 e. The Labute approximate surface area is 119 Å². The SMILES string of the molecule is Cc1cc(CNC(=O)c2n[nH]c(=O)c3ccccc23)on1. The van der Waals surface area contributed by atoms with E-state index >= 15 is 0 Å². The quantitative estimate of drug-likeness (QED) is 0.751. The lowest BCUT2D eigenvalue weighted by atomic mass is 10.1. The van der Waals surface area contributed by atoms with E-state index in [-0.39, 0.29) is 17.8 Å².